The molecule has 3 aromatic rings. The second-order valence-corrected chi connectivity index (χ2v) is 8.61. The Kier molecular flexibility index (Phi) is 6.35. The lowest BCUT2D eigenvalue weighted by molar-refractivity contribution is -0.116. The molecule has 1 amide bonds. The largest absolute Gasteiger partial charge is 0.374 e. The fourth-order valence-corrected chi connectivity index (χ4v) is 3.96. The van der Waals surface area contributed by atoms with E-state index in [2.05, 4.69) is 51.4 Å². The van der Waals surface area contributed by atoms with Crippen LogP contribution in [0.1, 0.15) is 57.3 Å². The van der Waals surface area contributed by atoms with Gasteiger partial charge in [0.05, 0.1) is 0 Å². The molecule has 6 nitrogen and oxygen atoms in total. The Morgan fingerprint density at radius 3 is 2.55 bits per heavy atom. The van der Waals surface area contributed by atoms with Gasteiger partial charge in [-0.05, 0) is 55.5 Å². The van der Waals surface area contributed by atoms with Crippen molar-refractivity contribution in [1.82, 2.24) is 14.8 Å². The summed E-state index contributed by atoms with van der Waals surface area (Å²) in [5.74, 6) is 2.38. The summed E-state index contributed by atoms with van der Waals surface area (Å²) < 4.78 is 2.24. The molecule has 1 unspecified atom stereocenters. The first kappa shape index (κ1) is 21.1. The summed E-state index contributed by atoms with van der Waals surface area (Å²) in [7, 11) is 0. The van der Waals surface area contributed by atoms with Crippen LogP contribution in [-0.2, 0) is 17.8 Å². The van der Waals surface area contributed by atoms with Gasteiger partial charge in [-0.2, -0.15) is 0 Å². The molecule has 1 aliphatic rings. The average Bonchev–Trinajstić information content (AvgIpc) is 3.02. The summed E-state index contributed by atoms with van der Waals surface area (Å²) in [5.41, 5.74) is 3.97. The Morgan fingerprint density at radius 1 is 0.968 bits per heavy atom. The zero-order chi connectivity index (χ0) is 21.8. The van der Waals surface area contributed by atoms with Crippen molar-refractivity contribution in [2.24, 2.45) is 0 Å². The number of hydrogen-bond donors (Lipinski definition) is 2. The molecular formula is C25H31N5O. The molecule has 0 saturated heterocycles. The molecule has 0 radical (unpaired) electrons. The first-order valence-electron chi connectivity index (χ1n) is 11.2. The predicted octanol–water partition coefficient (Wildman–Crippen LogP) is 5.23. The molecule has 0 aliphatic carbocycles. The number of aromatic nitrogens is 3. The van der Waals surface area contributed by atoms with Crippen LogP contribution in [0.25, 0.3) is 11.4 Å². The Morgan fingerprint density at radius 2 is 1.77 bits per heavy atom. The van der Waals surface area contributed by atoms with Crippen molar-refractivity contribution < 1.29 is 4.79 Å². The van der Waals surface area contributed by atoms with E-state index in [0.29, 0.717) is 5.92 Å². The number of benzene rings is 2. The Hall–Kier alpha value is -3.15. The van der Waals surface area contributed by atoms with E-state index in [1.165, 1.54) is 18.4 Å². The number of rotatable bonds is 6. The number of nitrogens with one attached hydrogen (secondary N) is 2. The number of nitrogens with zero attached hydrogens (tertiary/aromatic N) is 3. The molecule has 2 aromatic carbocycles. The summed E-state index contributed by atoms with van der Waals surface area (Å²) in [6, 6.07) is 15.7. The molecule has 31 heavy (non-hydrogen) atoms. The number of fused-ring (bicyclic) bond motifs is 1. The number of anilines is 2. The highest BCUT2D eigenvalue weighted by Gasteiger charge is 2.17. The lowest BCUT2D eigenvalue weighted by Gasteiger charge is -2.16. The first-order valence-corrected chi connectivity index (χ1v) is 11.2. The lowest BCUT2D eigenvalue weighted by Crippen LogP contribution is -2.31. The molecule has 4 rings (SSSR count). The van der Waals surface area contributed by atoms with E-state index in [0.717, 1.165) is 48.0 Å². The number of carbonyl (C=O) groups is 1. The van der Waals surface area contributed by atoms with Crippen molar-refractivity contribution in [1.29, 1.82) is 0 Å². The highest BCUT2D eigenvalue weighted by molar-refractivity contribution is 5.96. The van der Waals surface area contributed by atoms with Gasteiger partial charge in [0, 0.05) is 29.9 Å². The van der Waals surface area contributed by atoms with E-state index >= 15 is 0 Å². The molecule has 6 heteroatoms. The standard InChI is InChI=1S/C25H31N5O/c1-17(2)19-11-13-21(14-12-19)27-25(31)18(3)26-22-9-7-8-20(16-22)24-29-28-23-10-5-4-6-15-30(23)24/h7-9,11-14,16-18,26H,4-6,10,15H2,1-3H3,(H,27,31). The van der Waals surface area contributed by atoms with Crippen LogP contribution in [0.2, 0.25) is 0 Å². The maximum Gasteiger partial charge on any atom is 0.246 e. The van der Waals surface area contributed by atoms with Crippen LogP contribution in [0.15, 0.2) is 48.5 Å². The van der Waals surface area contributed by atoms with Crippen molar-refractivity contribution in [3.8, 4) is 11.4 Å². The van der Waals surface area contributed by atoms with E-state index in [9.17, 15) is 4.79 Å². The highest BCUT2D eigenvalue weighted by atomic mass is 16.2. The van der Waals surface area contributed by atoms with Crippen molar-refractivity contribution in [3.63, 3.8) is 0 Å². The van der Waals surface area contributed by atoms with Crippen LogP contribution in [0, 0.1) is 0 Å². The Labute approximate surface area is 184 Å². The maximum absolute atomic E-state index is 12.7. The minimum Gasteiger partial charge on any atom is -0.374 e. The summed E-state index contributed by atoms with van der Waals surface area (Å²) >= 11 is 0. The van der Waals surface area contributed by atoms with Crippen LogP contribution in [0.3, 0.4) is 0 Å². The third kappa shape index (κ3) is 4.95. The minimum atomic E-state index is -0.379. The Bertz CT molecular complexity index is 1040. The molecule has 2 heterocycles. The van der Waals surface area contributed by atoms with Gasteiger partial charge in [0.1, 0.15) is 11.9 Å². The molecule has 1 atom stereocenters. The summed E-state index contributed by atoms with van der Waals surface area (Å²) in [6.45, 7) is 7.15. The SMILES string of the molecule is CC(Nc1cccc(-c2nnc3n2CCCCC3)c1)C(=O)Nc1ccc(C(C)C)cc1. The number of aryl methyl sites for hydroxylation is 1. The molecule has 0 bridgehead atoms. The molecule has 162 valence electrons. The topological polar surface area (TPSA) is 71.8 Å². The third-order valence-electron chi connectivity index (χ3n) is 5.85. The van der Waals surface area contributed by atoms with Gasteiger partial charge in [0.2, 0.25) is 5.91 Å². The van der Waals surface area contributed by atoms with Crippen molar-refractivity contribution in [2.45, 2.75) is 65.0 Å². The molecule has 0 spiro atoms. The van der Waals surface area contributed by atoms with E-state index in [1.807, 2.05) is 43.3 Å². The molecule has 1 aromatic heterocycles. The fourth-order valence-electron chi connectivity index (χ4n) is 3.96. The second kappa shape index (κ2) is 9.33. The normalized spacial score (nSPS) is 14.6. The molecule has 2 N–H and O–H groups in total. The second-order valence-electron chi connectivity index (χ2n) is 8.61. The summed E-state index contributed by atoms with van der Waals surface area (Å²) in [5, 5.41) is 15.2. The van der Waals surface area contributed by atoms with Gasteiger partial charge in [0.25, 0.3) is 0 Å². The van der Waals surface area contributed by atoms with Crippen LogP contribution in [-0.4, -0.2) is 26.7 Å². The van der Waals surface area contributed by atoms with Crippen LogP contribution < -0.4 is 10.6 Å². The Balaban J connectivity index is 1.44. The van der Waals surface area contributed by atoms with E-state index < -0.39 is 0 Å². The van der Waals surface area contributed by atoms with Gasteiger partial charge < -0.3 is 15.2 Å². The summed E-state index contributed by atoms with van der Waals surface area (Å²) in [6.07, 6.45) is 4.55. The van der Waals surface area contributed by atoms with Gasteiger partial charge in [-0.3, -0.25) is 4.79 Å². The van der Waals surface area contributed by atoms with Crippen LogP contribution >= 0.6 is 0 Å². The molecule has 1 aliphatic heterocycles. The van der Waals surface area contributed by atoms with Crippen LogP contribution in [0.5, 0.6) is 0 Å². The van der Waals surface area contributed by atoms with Gasteiger partial charge in [-0.1, -0.05) is 44.5 Å². The van der Waals surface area contributed by atoms with Crippen molar-refractivity contribution in [3.05, 3.63) is 59.9 Å². The fraction of sp³-hybridized carbons (Fsp3) is 0.400. The predicted molar refractivity (Wildman–Crippen MR) is 125 cm³/mol. The van der Waals surface area contributed by atoms with E-state index in [-0.39, 0.29) is 11.9 Å². The van der Waals surface area contributed by atoms with Crippen molar-refractivity contribution in [2.75, 3.05) is 10.6 Å². The maximum atomic E-state index is 12.7. The molecular weight excluding hydrogens is 386 g/mol. The van der Waals surface area contributed by atoms with E-state index in [4.69, 9.17) is 0 Å². The van der Waals surface area contributed by atoms with Gasteiger partial charge in [-0.25, -0.2) is 0 Å². The zero-order valence-electron chi connectivity index (χ0n) is 18.6. The number of hydrogen-bond acceptors (Lipinski definition) is 4. The van der Waals surface area contributed by atoms with Gasteiger partial charge in [-0.15, -0.1) is 10.2 Å². The first-order chi connectivity index (χ1) is 15.0. The molecule has 0 saturated carbocycles. The zero-order valence-corrected chi connectivity index (χ0v) is 18.6. The van der Waals surface area contributed by atoms with Gasteiger partial charge >= 0.3 is 0 Å². The quantitative estimate of drug-likeness (QED) is 0.576. The van der Waals surface area contributed by atoms with Crippen molar-refractivity contribution >= 4 is 17.3 Å². The highest BCUT2D eigenvalue weighted by Crippen LogP contribution is 2.25. The van der Waals surface area contributed by atoms with Gasteiger partial charge in [0.15, 0.2) is 5.82 Å². The van der Waals surface area contributed by atoms with E-state index in [1.54, 1.807) is 0 Å². The van der Waals surface area contributed by atoms with Crippen LogP contribution in [0.4, 0.5) is 11.4 Å². The summed E-state index contributed by atoms with van der Waals surface area (Å²) in [4.78, 5) is 12.7. The smallest absolute Gasteiger partial charge is 0.246 e. The lowest BCUT2D eigenvalue weighted by atomic mass is 10.0. The monoisotopic (exact) mass is 417 g/mol. The third-order valence-corrected chi connectivity index (χ3v) is 5.85. The number of carbonyl (C=O) groups excluding carboxylic acids is 1. The average molecular weight is 418 g/mol. The minimum absolute atomic E-state index is 0.0703. The molecule has 0 fully saturated rings. The number of amides is 1.